The number of carbonyl (C=O) groups is 2. The maximum Gasteiger partial charge on any atom is 0.327 e. The Kier molecular flexibility index (Phi) is 3.29. The van der Waals surface area contributed by atoms with Gasteiger partial charge in [-0.25, -0.2) is 9.18 Å². The summed E-state index contributed by atoms with van der Waals surface area (Å²) < 4.78 is 12.7. The Morgan fingerprint density at radius 3 is 2.44 bits per heavy atom. The molecule has 1 aromatic carbocycles. The van der Waals surface area contributed by atoms with Gasteiger partial charge in [-0.05, 0) is 17.7 Å². The van der Waals surface area contributed by atoms with Crippen LogP contribution < -0.4 is 0 Å². The van der Waals surface area contributed by atoms with E-state index >= 15 is 0 Å². The highest BCUT2D eigenvalue weighted by Crippen LogP contribution is 2.18. The van der Waals surface area contributed by atoms with Gasteiger partial charge in [0.1, 0.15) is 12.4 Å². The van der Waals surface area contributed by atoms with Crippen molar-refractivity contribution in [1.82, 2.24) is 9.80 Å². The summed E-state index contributed by atoms with van der Waals surface area (Å²) in [4.78, 5) is 25.4. The van der Waals surface area contributed by atoms with Crippen LogP contribution in [0.15, 0.2) is 24.3 Å². The maximum atomic E-state index is 12.7. The van der Waals surface area contributed by atoms with E-state index in [1.54, 1.807) is 0 Å². The Hall–Kier alpha value is -1.95. The molecule has 18 heavy (non-hydrogen) atoms. The van der Waals surface area contributed by atoms with Gasteiger partial charge in [0.25, 0.3) is 0 Å². The minimum Gasteiger partial charge on any atom is -0.387 e. The molecular formula is C12H13FN2O3. The average Bonchev–Trinajstić information content (AvgIpc) is 2.57. The van der Waals surface area contributed by atoms with Gasteiger partial charge in [-0.15, -0.1) is 0 Å². The number of aliphatic hydroxyl groups is 1. The predicted octanol–water partition coefficient (Wildman–Crippen LogP) is 0.753. The monoisotopic (exact) mass is 252 g/mol. The number of hydrogen-bond acceptors (Lipinski definition) is 3. The third-order valence-corrected chi connectivity index (χ3v) is 2.84. The predicted molar refractivity (Wildman–Crippen MR) is 61.1 cm³/mol. The number of amides is 3. The topological polar surface area (TPSA) is 60.9 Å². The molecule has 1 saturated heterocycles. The van der Waals surface area contributed by atoms with Gasteiger partial charge in [0.05, 0.1) is 12.6 Å². The minimum absolute atomic E-state index is 0.0228. The summed E-state index contributed by atoms with van der Waals surface area (Å²) in [5.74, 6) is -0.748. The first-order chi connectivity index (χ1) is 8.49. The van der Waals surface area contributed by atoms with Crippen molar-refractivity contribution in [2.75, 3.05) is 20.1 Å². The Morgan fingerprint density at radius 2 is 1.94 bits per heavy atom. The van der Waals surface area contributed by atoms with Gasteiger partial charge < -0.3 is 10.0 Å². The van der Waals surface area contributed by atoms with Gasteiger partial charge in [0.15, 0.2) is 0 Å². The smallest absolute Gasteiger partial charge is 0.327 e. The van der Waals surface area contributed by atoms with Gasteiger partial charge in [-0.1, -0.05) is 12.1 Å². The molecule has 0 unspecified atom stereocenters. The zero-order chi connectivity index (χ0) is 13.3. The lowest BCUT2D eigenvalue weighted by atomic mass is 10.1. The van der Waals surface area contributed by atoms with Crippen LogP contribution in [0, 0.1) is 5.82 Å². The molecule has 1 aliphatic heterocycles. The fourth-order valence-electron chi connectivity index (χ4n) is 1.81. The molecule has 96 valence electrons. The SMILES string of the molecule is CN1CC(=O)N(C[C@@H](O)c2ccc(F)cc2)C1=O. The zero-order valence-corrected chi connectivity index (χ0v) is 9.84. The van der Waals surface area contributed by atoms with E-state index in [9.17, 15) is 19.1 Å². The number of nitrogens with zero attached hydrogens (tertiary/aromatic N) is 2. The summed E-state index contributed by atoms with van der Waals surface area (Å²) in [6, 6.07) is 4.86. The lowest BCUT2D eigenvalue weighted by molar-refractivity contribution is -0.126. The first-order valence-electron chi connectivity index (χ1n) is 5.48. The molecule has 0 bridgehead atoms. The number of imide groups is 1. The van der Waals surface area contributed by atoms with E-state index in [1.807, 2.05) is 0 Å². The Labute approximate surface area is 103 Å². The van der Waals surface area contributed by atoms with Crippen LogP contribution >= 0.6 is 0 Å². The van der Waals surface area contributed by atoms with Crippen LogP contribution in [0.25, 0.3) is 0 Å². The van der Waals surface area contributed by atoms with Crippen LogP contribution in [0.1, 0.15) is 11.7 Å². The number of aliphatic hydroxyl groups excluding tert-OH is 1. The van der Waals surface area contributed by atoms with E-state index < -0.39 is 18.0 Å². The summed E-state index contributed by atoms with van der Waals surface area (Å²) >= 11 is 0. The largest absolute Gasteiger partial charge is 0.387 e. The van der Waals surface area contributed by atoms with E-state index in [0.29, 0.717) is 5.56 Å². The number of hydrogen-bond donors (Lipinski definition) is 1. The maximum absolute atomic E-state index is 12.7. The Balaban J connectivity index is 2.07. The number of rotatable bonds is 3. The van der Waals surface area contributed by atoms with Crippen molar-refractivity contribution in [2.24, 2.45) is 0 Å². The van der Waals surface area contributed by atoms with E-state index in [1.165, 1.54) is 36.2 Å². The molecule has 0 spiro atoms. The summed E-state index contributed by atoms with van der Waals surface area (Å²) in [6.45, 7) is -0.0946. The molecule has 1 atom stereocenters. The standard InChI is InChI=1S/C12H13FN2O3/c1-14-7-11(17)15(12(14)18)6-10(16)8-2-4-9(13)5-3-8/h2-5,10,16H,6-7H2,1H3/t10-/m1/s1. The van der Waals surface area contributed by atoms with Crippen LogP contribution in [-0.2, 0) is 4.79 Å². The lowest BCUT2D eigenvalue weighted by Gasteiger charge is -2.18. The highest BCUT2D eigenvalue weighted by atomic mass is 19.1. The van der Waals surface area contributed by atoms with Crippen molar-refractivity contribution in [2.45, 2.75) is 6.10 Å². The average molecular weight is 252 g/mol. The zero-order valence-electron chi connectivity index (χ0n) is 9.84. The summed E-state index contributed by atoms with van der Waals surface area (Å²) in [7, 11) is 1.52. The van der Waals surface area contributed by atoms with Crippen LogP contribution in [-0.4, -0.2) is 47.0 Å². The molecule has 0 saturated carbocycles. The number of urea groups is 1. The molecule has 0 aliphatic carbocycles. The van der Waals surface area contributed by atoms with Crippen molar-refractivity contribution >= 4 is 11.9 Å². The van der Waals surface area contributed by atoms with Gasteiger partial charge in [-0.2, -0.15) is 0 Å². The van der Waals surface area contributed by atoms with Crippen molar-refractivity contribution < 1.29 is 19.1 Å². The van der Waals surface area contributed by atoms with Crippen LogP contribution in [0.3, 0.4) is 0 Å². The lowest BCUT2D eigenvalue weighted by Crippen LogP contribution is -2.35. The molecular weight excluding hydrogens is 239 g/mol. The van der Waals surface area contributed by atoms with Crippen molar-refractivity contribution in [3.63, 3.8) is 0 Å². The first-order valence-corrected chi connectivity index (χ1v) is 5.48. The highest BCUT2D eigenvalue weighted by molar-refractivity contribution is 6.01. The summed E-state index contributed by atoms with van der Waals surface area (Å²) in [6.07, 6.45) is -1.01. The molecule has 2 rings (SSSR count). The second-order valence-electron chi connectivity index (χ2n) is 4.21. The van der Waals surface area contributed by atoms with Crippen LogP contribution in [0.4, 0.5) is 9.18 Å². The molecule has 0 radical (unpaired) electrons. The number of benzene rings is 1. The van der Waals surface area contributed by atoms with Crippen LogP contribution in [0.5, 0.6) is 0 Å². The number of likely N-dealkylation sites (N-methyl/N-ethyl adjacent to an activating group) is 1. The second-order valence-corrected chi connectivity index (χ2v) is 4.21. The summed E-state index contributed by atoms with van der Waals surface area (Å²) in [5.41, 5.74) is 0.464. The van der Waals surface area contributed by atoms with Gasteiger partial charge >= 0.3 is 6.03 Å². The molecule has 1 heterocycles. The summed E-state index contributed by atoms with van der Waals surface area (Å²) in [5, 5.41) is 9.91. The third-order valence-electron chi connectivity index (χ3n) is 2.84. The molecule has 1 N–H and O–H groups in total. The van der Waals surface area contributed by atoms with Gasteiger partial charge in [0.2, 0.25) is 5.91 Å². The number of β-amino-alcohol motifs (C(OH)–C–C–N with tert-alkyl or cyclic N) is 1. The van der Waals surface area contributed by atoms with E-state index in [0.717, 1.165) is 4.90 Å². The quantitative estimate of drug-likeness (QED) is 0.808. The molecule has 1 fully saturated rings. The minimum atomic E-state index is -1.01. The molecule has 5 nitrogen and oxygen atoms in total. The van der Waals surface area contributed by atoms with Gasteiger partial charge in [-0.3, -0.25) is 9.69 Å². The van der Waals surface area contributed by atoms with Gasteiger partial charge in [0, 0.05) is 7.05 Å². The van der Waals surface area contributed by atoms with E-state index in [-0.39, 0.29) is 19.0 Å². The fourth-order valence-corrected chi connectivity index (χ4v) is 1.81. The highest BCUT2D eigenvalue weighted by Gasteiger charge is 2.34. The third kappa shape index (κ3) is 2.33. The fraction of sp³-hybridized carbons (Fsp3) is 0.333. The van der Waals surface area contributed by atoms with Crippen LogP contribution in [0.2, 0.25) is 0 Å². The molecule has 3 amide bonds. The van der Waals surface area contributed by atoms with E-state index in [2.05, 4.69) is 0 Å². The second kappa shape index (κ2) is 4.73. The van der Waals surface area contributed by atoms with Crippen molar-refractivity contribution in [3.05, 3.63) is 35.6 Å². The Morgan fingerprint density at radius 1 is 1.33 bits per heavy atom. The molecule has 6 heteroatoms. The van der Waals surface area contributed by atoms with E-state index in [4.69, 9.17) is 0 Å². The number of carbonyl (C=O) groups excluding carboxylic acids is 2. The molecule has 0 aromatic heterocycles. The van der Waals surface area contributed by atoms with Crippen molar-refractivity contribution in [3.8, 4) is 0 Å². The van der Waals surface area contributed by atoms with Crippen molar-refractivity contribution in [1.29, 1.82) is 0 Å². The molecule has 1 aliphatic rings. The normalized spacial score (nSPS) is 17.5. The Bertz CT molecular complexity index is 475. The first kappa shape index (κ1) is 12.5. The number of halogens is 1. The molecule has 1 aromatic rings.